The van der Waals surface area contributed by atoms with Gasteiger partial charge in [-0.3, -0.25) is 0 Å². The Bertz CT molecular complexity index is 782. The fraction of sp³-hybridized carbons (Fsp3) is 0.0588. The van der Waals surface area contributed by atoms with Gasteiger partial charge in [0.05, 0.1) is 11.4 Å². The Morgan fingerprint density at radius 2 is 1.52 bits per heavy atom. The molecule has 4 heteroatoms. The molecule has 0 aliphatic carbocycles. The molecule has 0 aliphatic rings. The molecule has 0 spiro atoms. The molecule has 0 saturated carbocycles. The first-order valence-electron chi connectivity index (χ1n) is 6.59. The number of nitrogens with zero attached hydrogens (tertiary/aromatic N) is 2. The van der Waals surface area contributed by atoms with Crippen molar-refractivity contribution >= 4 is 5.95 Å². The summed E-state index contributed by atoms with van der Waals surface area (Å²) in [6.45, 7) is 2.02. The average Bonchev–Trinajstić information content (AvgIpc) is 2.47. The van der Waals surface area contributed by atoms with Crippen molar-refractivity contribution in [1.29, 1.82) is 0 Å². The Hall–Kier alpha value is -2.75. The predicted octanol–water partition coefficient (Wildman–Crippen LogP) is 3.84. The highest BCUT2D eigenvalue weighted by molar-refractivity contribution is 5.69. The summed E-state index contributed by atoms with van der Waals surface area (Å²) in [7, 11) is 0. The Morgan fingerprint density at radius 3 is 2.19 bits per heavy atom. The minimum atomic E-state index is -0.304. The fourth-order valence-corrected chi connectivity index (χ4v) is 2.13. The zero-order chi connectivity index (χ0) is 14.8. The van der Waals surface area contributed by atoms with Crippen LogP contribution in [0.3, 0.4) is 0 Å². The van der Waals surface area contributed by atoms with E-state index in [4.69, 9.17) is 5.73 Å². The third-order valence-corrected chi connectivity index (χ3v) is 3.21. The Morgan fingerprint density at radius 1 is 0.857 bits per heavy atom. The molecule has 1 heterocycles. The second-order valence-electron chi connectivity index (χ2n) is 4.87. The Kier molecular flexibility index (Phi) is 3.36. The van der Waals surface area contributed by atoms with E-state index >= 15 is 0 Å². The van der Waals surface area contributed by atoms with Gasteiger partial charge in [-0.2, -0.15) is 0 Å². The molecule has 3 nitrogen and oxygen atoms in total. The van der Waals surface area contributed by atoms with Crippen LogP contribution in [-0.4, -0.2) is 9.97 Å². The highest BCUT2D eigenvalue weighted by Crippen LogP contribution is 2.25. The average molecular weight is 279 g/mol. The van der Waals surface area contributed by atoms with Gasteiger partial charge < -0.3 is 5.73 Å². The number of nitrogens with two attached hydrogens (primary N) is 1. The van der Waals surface area contributed by atoms with Crippen LogP contribution in [0.25, 0.3) is 22.5 Å². The first kappa shape index (κ1) is 13.2. The topological polar surface area (TPSA) is 51.8 Å². The standard InChI is InChI=1S/C17H14FN3/c1-11-5-7-12(8-6-11)15-10-16(21-17(19)20-15)13-3-2-4-14(18)9-13/h2-10H,1H3,(H2,19,20,21). The van der Waals surface area contributed by atoms with Crippen molar-refractivity contribution < 1.29 is 4.39 Å². The molecule has 0 radical (unpaired) electrons. The van der Waals surface area contributed by atoms with Crippen LogP contribution in [0, 0.1) is 12.7 Å². The normalized spacial score (nSPS) is 10.6. The van der Waals surface area contributed by atoms with Gasteiger partial charge in [0.25, 0.3) is 0 Å². The van der Waals surface area contributed by atoms with E-state index in [0.717, 1.165) is 11.3 Å². The minimum Gasteiger partial charge on any atom is -0.368 e. The van der Waals surface area contributed by atoms with E-state index in [2.05, 4.69) is 9.97 Å². The van der Waals surface area contributed by atoms with Gasteiger partial charge in [0.2, 0.25) is 5.95 Å². The monoisotopic (exact) mass is 279 g/mol. The highest BCUT2D eigenvalue weighted by Gasteiger charge is 2.07. The summed E-state index contributed by atoms with van der Waals surface area (Å²) in [5, 5.41) is 0. The molecule has 1 aromatic heterocycles. The number of hydrogen-bond acceptors (Lipinski definition) is 3. The molecule has 2 N–H and O–H groups in total. The lowest BCUT2D eigenvalue weighted by Gasteiger charge is -2.07. The lowest BCUT2D eigenvalue weighted by Crippen LogP contribution is -1.98. The lowest BCUT2D eigenvalue weighted by atomic mass is 10.1. The van der Waals surface area contributed by atoms with Gasteiger partial charge >= 0.3 is 0 Å². The zero-order valence-corrected chi connectivity index (χ0v) is 11.5. The van der Waals surface area contributed by atoms with E-state index in [-0.39, 0.29) is 11.8 Å². The summed E-state index contributed by atoms with van der Waals surface area (Å²) < 4.78 is 13.3. The van der Waals surface area contributed by atoms with Gasteiger partial charge in [0.15, 0.2) is 0 Å². The van der Waals surface area contributed by atoms with Gasteiger partial charge in [-0.25, -0.2) is 14.4 Å². The smallest absolute Gasteiger partial charge is 0.221 e. The number of hydrogen-bond donors (Lipinski definition) is 1. The van der Waals surface area contributed by atoms with Crippen molar-refractivity contribution in [2.75, 3.05) is 5.73 Å². The summed E-state index contributed by atoms with van der Waals surface area (Å²) in [4.78, 5) is 8.44. The van der Waals surface area contributed by atoms with Gasteiger partial charge in [-0.1, -0.05) is 42.0 Å². The maximum Gasteiger partial charge on any atom is 0.221 e. The highest BCUT2D eigenvalue weighted by atomic mass is 19.1. The number of benzene rings is 2. The third kappa shape index (κ3) is 2.89. The van der Waals surface area contributed by atoms with Crippen LogP contribution < -0.4 is 5.73 Å². The van der Waals surface area contributed by atoms with E-state index in [9.17, 15) is 4.39 Å². The molecule has 0 unspecified atom stereocenters. The number of anilines is 1. The molecular formula is C17H14FN3. The largest absolute Gasteiger partial charge is 0.368 e. The molecule has 0 aliphatic heterocycles. The molecule has 0 bridgehead atoms. The first-order valence-corrected chi connectivity index (χ1v) is 6.59. The lowest BCUT2D eigenvalue weighted by molar-refractivity contribution is 0.628. The van der Waals surface area contributed by atoms with Crippen LogP contribution in [0.1, 0.15) is 5.56 Å². The predicted molar refractivity (Wildman–Crippen MR) is 82.0 cm³/mol. The zero-order valence-electron chi connectivity index (χ0n) is 11.5. The summed E-state index contributed by atoms with van der Waals surface area (Å²) in [5.41, 5.74) is 9.92. The van der Waals surface area contributed by atoms with Gasteiger partial charge in [-0.05, 0) is 25.1 Å². The summed E-state index contributed by atoms with van der Waals surface area (Å²) in [5.74, 6) is -0.131. The molecule has 21 heavy (non-hydrogen) atoms. The first-order chi connectivity index (χ1) is 10.1. The molecular weight excluding hydrogens is 265 g/mol. The van der Waals surface area contributed by atoms with E-state index < -0.39 is 0 Å². The van der Waals surface area contributed by atoms with Crippen LogP contribution in [-0.2, 0) is 0 Å². The number of rotatable bonds is 2. The van der Waals surface area contributed by atoms with E-state index in [1.165, 1.54) is 17.7 Å². The Balaban J connectivity index is 2.10. The van der Waals surface area contributed by atoms with Crippen LogP contribution in [0.4, 0.5) is 10.3 Å². The second kappa shape index (κ2) is 5.32. The number of aromatic nitrogens is 2. The molecule has 0 fully saturated rings. The summed E-state index contributed by atoms with van der Waals surface area (Å²) in [6.07, 6.45) is 0. The molecule has 3 aromatic rings. The van der Waals surface area contributed by atoms with Gasteiger partial charge in [-0.15, -0.1) is 0 Å². The molecule has 104 valence electrons. The molecule has 0 amide bonds. The van der Waals surface area contributed by atoms with Gasteiger partial charge in [0.1, 0.15) is 5.82 Å². The molecule has 0 saturated heterocycles. The van der Waals surface area contributed by atoms with E-state index in [0.29, 0.717) is 11.3 Å². The van der Waals surface area contributed by atoms with Crippen molar-refractivity contribution in [1.82, 2.24) is 9.97 Å². The number of halogens is 1. The van der Waals surface area contributed by atoms with Crippen molar-refractivity contribution in [3.05, 3.63) is 66.0 Å². The molecule has 3 rings (SSSR count). The number of nitrogen functional groups attached to an aromatic ring is 1. The maximum absolute atomic E-state index is 13.3. The molecule has 2 aromatic carbocycles. The van der Waals surface area contributed by atoms with Crippen LogP contribution in [0.5, 0.6) is 0 Å². The maximum atomic E-state index is 13.3. The van der Waals surface area contributed by atoms with Crippen molar-refractivity contribution in [2.24, 2.45) is 0 Å². The van der Waals surface area contributed by atoms with Crippen molar-refractivity contribution in [2.45, 2.75) is 6.92 Å². The third-order valence-electron chi connectivity index (χ3n) is 3.21. The molecule has 0 atom stereocenters. The SMILES string of the molecule is Cc1ccc(-c2cc(-c3cccc(F)c3)nc(N)n2)cc1. The van der Waals surface area contributed by atoms with Crippen molar-refractivity contribution in [3.8, 4) is 22.5 Å². The fourth-order valence-electron chi connectivity index (χ4n) is 2.13. The minimum absolute atomic E-state index is 0.173. The van der Waals surface area contributed by atoms with Crippen LogP contribution in [0.15, 0.2) is 54.6 Å². The van der Waals surface area contributed by atoms with Gasteiger partial charge in [0, 0.05) is 11.1 Å². The second-order valence-corrected chi connectivity index (χ2v) is 4.87. The van der Waals surface area contributed by atoms with E-state index in [1.807, 2.05) is 37.3 Å². The Labute approximate surface area is 122 Å². The summed E-state index contributed by atoms with van der Waals surface area (Å²) in [6, 6.07) is 16.1. The van der Waals surface area contributed by atoms with Crippen LogP contribution in [0.2, 0.25) is 0 Å². The quantitative estimate of drug-likeness (QED) is 0.775. The summed E-state index contributed by atoms with van der Waals surface area (Å²) >= 11 is 0. The van der Waals surface area contributed by atoms with Crippen LogP contribution >= 0.6 is 0 Å². The van der Waals surface area contributed by atoms with E-state index in [1.54, 1.807) is 12.1 Å². The van der Waals surface area contributed by atoms with Crippen molar-refractivity contribution in [3.63, 3.8) is 0 Å². The number of aryl methyl sites for hydroxylation is 1.